The molecule has 0 saturated heterocycles. The third-order valence-electron chi connectivity index (χ3n) is 3.45. The highest BCUT2D eigenvalue weighted by Gasteiger charge is 2.16. The van der Waals surface area contributed by atoms with Gasteiger partial charge in [-0.05, 0) is 42.3 Å². The molecule has 0 aromatic heterocycles. The van der Waals surface area contributed by atoms with E-state index in [1.54, 1.807) is 6.08 Å². The number of ether oxygens (including phenoxy) is 1. The van der Waals surface area contributed by atoms with Crippen molar-refractivity contribution in [2.45, 2.75) is 11.8 Å². The predicted molar refractivity (Wildman–Crippen MR) is 90.6 cm³/mol. The minimum atomic E-state index is -3.40. The molecule has 0 heterocycles. The number of allylic oxidation sites excluding steroid dienone is 1. The number of benzene rings is 2. The molecule has 0 spiro atoms. The van der Waals surface area contributed by atoms with E-state index in [0.717, 1.165) is 17.4 Å². The molecule has 0 radical (unpaired) electrons. The molecule has 4 nitrogen and oxygen atoms in total. The van der Waals surface area contributed by atoms with Crippen LogP contribution in [0, 0.1) is 6.92 Å². The molecule has 5 heteroatoms. The largest absolute Gasteiger partial charge is 0.495 e. The van der Waals surface area contributed by atoms with Crippen LogP contribution in [0.15, 0.2) is 53.4 Å². The van der Waals surface area contributed by atoms with E-state index in [9.17, 15) is 13.2 Å². The number of methoxy groups -OCH3 is 1. The van der Waals surface area contributed by atoms with E-state index in [4.69, 9.17) is 4.74 Å². The van der Waals surface area contributed by atoms with Gasteiger partial charge in [0.25, 0.3) is 0 Å². The second kappa shape index (κ2) is 6.79. The van der Waals surface area contributed by atoms with Gasteiger partial charge in [-0.25, -0.2) is 8.42 Å². The zero-order chi connectivity index (χ0) is 17.0. The van der Waals surface area contributed by atoms with Gasteiger partial charge >= 0.3 is 0 Å². The van der Waals surface area contributed by atoms with E-state index >= 15 is 0 Å². The van der Waals surface area contributed by atoms with Crippen molar-refractivity contribution in [3.8, 4) is 5.75 Å². The van der Waals surface area contributed by atoms with Gasteiger partial charge in [0.1, 0.15) is 10.6 Å². The lowest BCUT2D eigenvalue weighted by molar-refractivity contribution is 0.104. The van der Waals surface area contributed by atoms with E-state index in [2.05, 4.69) is 0 Å². The molecule has 0 aliphatic rings. The Hall–Kier alpha value is -2.40. The van der Waals surface area contributed by atoms with Crippen LogP contribution in [0.4, 0.5) is 0 Å². The van der Waals surface area contributed by atoms with Crippen LogP contribution < -0.4 is 4.74 Å². The number of aryl methyl sites for hydroxylation is 1. The van der Waals surface area contributed by atoms with Crippen molar-refractivity contribution in [2.75, 3.05) is 13.4 Å². The van der Waals surface area contributed by atoms with Crippen LogP contribution in [-0.2, 0) is 9.84 Å². The summed E-state index contributed by atoms with van der Waals surface area (Å²) in [6.45, 7) is 1.97. The molecule has 0 aliphatic carbocycles. The SMILES string of the molecule is COc1cc(C(=O)/C=C\c2ccccc2C)ccc1S(C)(=O)=O. The number of carbonyl (C=O) groups excluding carboxylic acids is 1. The molecular formula is C18H18O4S. The van der Waals surface area contributed by atoms with E-state index in [0.29, 0.717) is 5.56 Å². The molecular weight excluding hydrogens is 312 g/mol. The average Bonchev–Trinajstić information content (AvgIpc) is 2.52. The van der Waals surface area contributed by atoms with Crippen molar-refractivity contribution in [3.63, 3.8) is 0 Å². The highest BCUT2D eigenvalue weighted by atomic mass is 32.2. The molecule has 2 rings (SSSR count). The van der Waals surface area contributed by atoms with Gasteiger partial charge in [-0.3, -0.25) is 4.79 Å². The fourth-order valence-electron chi connectivity index (χ4n) is 2.16. The van der Waals surface area contributed by atoms with E-state index in [1.165, 1.54) is 31.4 Å². The van der Waals surface area contributed by atoms with E-state index in [-0.39, 0.29) is 16.4 Å². The van der Waals surface area contributed by atoms with Gasteiger partial charge in [0.15, 0.2) is 15.6 Å². The normalized spacial score (nSPS) is 11.6. The Labute approximate surface area is 136 Å². The van der Waals surface area contributed by atoms with Crippen LogP contribution in [0.1, 0.15) is 21.5 Å². The molecule has 0 unspecified atom stereocenters. The zero-order valence-electron chi connectivity index (χ0n) is 13.2. The molecule has 0 N–H and O–H groups in total. The molecule has 0 saturated carbocycles. The molecule has 0 bridgehead atoms. The fraction of sp³-hybridized carbons (Fsp3) is 0.167. The van der Waals surface area contributed by atoms with Crippen LogP contribution in [0.5, 0.6) is 5.75 Å². The highest BCUT2D eigenvalue weighted by Crippen LogP contribution is 2.25. The lowest BCUT2D eigenvalue weighted by Gasteiger charge is -2.08. The maximum absolute atomic E-state index is 12.3. The second-order valence-corrected chi connectivity index (χ2v) is 7.18. The first-order valence-corrected chi connectivity index (χ1v) is 8.88. The van der Waals surface area contributed by atoms with E-state index < -0.39 is 9.84 Å². The monoisotopic (exact) mass is 330 g/mol. The van der Waals surface area contributed by atoms with Crippen molar-refractivity contribution in [1.29, 1.82) is 0 Å². The maximum atomic E-state index is 12.3. The number of carbonyl (C=O) groups is 1. The standard InChI is InChI=1S/C18H18O4S/c1-13-6-4-5-7-14(13)8-10-16(19)15-9-11-18(23(3,20)21)17(12-15)22-2/h4-12H,1-3H3/b10-8-. The number of rotatable bonds is 5. The topological polar surface area (TPSA) is 60.4 Å². The molecule has 23 heavy (non-hydrogen) atoms. The summed E-state index contributed by atoms with van der Waals surface area (Å²) in [5, 5.41) is 0. The van der Waals surface area contributed by atoms with Crippen molar-refractivity contribution in [3.05, 3.63) is 65.2 Å². The Bertz CT molecular complexity index is 864. The van der Waals surface area contributed by atoms with Gasteiger partial charge in [-0.1, -0.05) is 30.3 Å². The summed E-state index contributed by atoms with van der Waals surface area (Å²) in [5.41, 5.74) is 2.40. The highest BCUT2D eigenvalue weighted by molar-refractivity contribution is 7.90. The Morgan fingerprint density at radius 3 is 2.43 bits per heavy atom. The fourth-order valence-corrected chi connectivity index (χ4v) is 2.99. The Kier molecular flexibility index (Phi) is 5.01. The molecule has 0 fully saturated rings. The van der Waals surface area contributed by atoms with Crippen molar-refractivity contribution in [1.82, 2.24) is 0 Å². The van der Waals surface area contributed by atoms with Crippen LogP contribution in [0.25, 0.3) is 6.08 Å². The van der Waals surface area contributed by atoms with Crippen LogP contribution in [0.3, 0.4) is 0 Å². The lowest BCUT2D eigenvalue weighted by atomic mass is 10.1. The number of hydrogen-bond acceptors (Lipinski definition) is 4. The first-order valence-electron chi connectivity index (χ1n) is 6.99. The third kappa shape index (κ3) is 4.07. The Balaban J connectivity index is 2.32. The van der Waals surface area contributed by atoms with Gasteiger partial charge in [-0.15, -0.1) is 0 Å². The Morgan fingerprint density at radius 1 is 1.13 bits per heavy atom. The van der Waals surface area contributed by atoms with Gasteiger partial charge in [0.2, 0.25) is 0 Å². The first kappa shape index (κ1) is 17.0. The van der Waals surface area contributed by atoms with Crippen molar-refractivity contribution < 1.29 is 17.9 Å². The number of ketones is 1. The van der Waals surface area contributed by atoms with Gasteiger partial charge in [0.05, 0.1) is 7.11 Å². The summed E-state index contributed by atoms with van der Waals surface area (Å²) in [4.78, 5) is 12.3. The Morgan fingerprint density at radius 2 is 1.83 bits per heavy atom. The minimum absolute atomic E-state index is 0.0689. The molecule has 0 amide bonds. The number of sulfone groups is 1. The smallest absolute Gasteiger partial charge is 0.185 e. The minimum Gasteiger partial charge on any atom is -0.495 e. The zero-order valence-corrected chi connectivity index (χ0v) is 14.1. The van der Waals surface area contributed by atoms with Crippen molar-refractivity contribution >= 4 is 21.7 Å². The van der Waals surface area contributed by atoms with Gasteiger partial charge in [0, 0.05) is 11.8 Å². The van der Waals surface area contributed by atoms with Crippen LogP contribution >= 0.6 is 0 Å². The van der Waals surface area contributed by atoms with E-state index in [1.807, 2.05) is 31.2 Å². The van der Waals surface area contributed by atoms with Crippen LogP contribution in [0.2, 0.25) is 0 Å². The van der Waals surface area contributed by atoms with Gasteiger partial charge in [-0.2, -0.15) is 0 Å². The second-order valence-electron chi connectivity index (χ2n) is 5.19. The summed E-state index contributed by atoms with van der Waals surface area (Å²) in [5.74, 6) is -0.0470. The molecule has 0 aliphatic heterocycles. The van der Waals surface area contributed by atoms with Crippen LogP contribution in [-0.4, -0.2) is 27.6 Å². The molecule has 120 valence electrons. The molecule has 2 aromatic rings. The lowest BCUT2D eigenvalue weighted by Crippen LogP contribution is -2.03. The summed E-state index contributed by atoms with van der Waals surface area (Å²) in [6.07, 6.45) is 4.32. The molecule has 0 atom stereocenters. The van der Waals surface area contributed by atoms with Gasteiger partial charge < -0.3 is 4.74 Å². The van der Waals surface area contributed by atoms with Crippen molar-refractivity contribution in [2.24, 2.45) is 0 Å². The quantitative estimate of drug-likeness (QED) is 0.623. The predicted octanol–water partition coefficient (Wildman–Crippen LogP) is 3.30. The first-order chi connectivity index (χ1) is 10.8. The summed E-state index contributed by atoms with van der Waals surface area (Å²) < 4.78 is 28.4. The summed E-state index contributed by atoms with van der Waals surface area (Å²) in [7, 11) is -2.03. The summed E-state index contributed by atoms with van der Waals surface area (Å²) >= 11 is 0. The average molecular weight is 330 g/mol. The third-order valence-corrected chi connectivity index (χ3v) is 4.59. The maximum Gasteiger partial charge on any atom is 0.185 e. The molecule has 2 aromatic carbocycles. The number of hydrogen-bond donors (Lipinski definition) is 0. The summed E-state index contributed by atoms with van der Waals surface area (Å²) in [6, 6.07) is 12.1.